The lowest BCUT2D eigenvalue weighted by Crippen LogP contribution is -2.15. The van der Waals surface area contributed by atoms with Crippen molar-refractivity contribution in [3.8, 4) is 17.2 Å². The van der Waals surface area contributed by atoms with E-state index < -0.39 is 5.97 Å². The van der Waals surface area contributed by atoms with Gasteiger partial charge in [0.1, 0.15) is 5.75 Å². The molecule has 0 aliphatic carbocycles. The minimum absolute atomic E-state index is 0.0894. The number of carbonyl (C=O) groups excluding carboxylic acids is 1. The van der Waals surface area contributed by atoms with Gasteiger partial charge in [0.25, 0.3) is 5.89 Å². The Balaban J connectivity index is 1.51. The summed E-state index contributed by atoms with van der Waals surface area (Å²) >= 11 is 0. The molecule has 0 atom stereocenters. The van der Waals surface area contributed by atoms with Gasteiger partial charge in [-0.3, -0.25) is 0 Å². The molecule has 3 aromatic rings. The standard InChI is InChI=1S/C20H20N2O4/c1-14(2)16-10-6-7-11-17(16)24-13-19(23)25-12-18-21-22-20(26-18)15-8-4-3-5-9-15/h3-11,14H,12-13H2,1-2H3. The molecule has 1 heterocycles. The third kappa shape index (κ3) is 4.47. The van der Waals surface area contributed by atoms with Crippen molar-refractivity contribution in [1.82, 2.24) is 10.2 Å². The van der Waals surface area contributed by atoms with Crippen LogP contribution in [0.1, 0.15) is 31.2 Å². The topological polar surface area (TPSA) is 74.5 Å². The summed E-state index contributed by atoms with van der Waals surface area (Å²) < 4.78 is 16.2. The van der Waals surface area contributed by atoms with Crippen molar-refractivity contribution in [1.29, 1.82) is 0 Å². The summed E-state index contributed by atoms with van der Waals surface area (Å²) in [5, 5.41) is 7.84. The number of hydrogen-bond donors (Lipinski definition) is 0. The zero-order valence-corrected chi connectivity index (χ0v) is 14.7. The van der Waals surface area contributed by atoms with E-state index in [4.69, 9.17) is 13.9 Å². The lowest BCUT2D eigenvalue weighted by Gasteiger charge is -2.13. The fourth-order valence-electron chi connectivity index (χ4n) is 2.42. The molecule has 6 nitrogen and oxygen atoms in total. The van der Waals surface area contributed by atoms with Crippen LogP contribution < -0.4 is 4.74 Å². The molecule has 0 fully saturated rings. The summed E-state index contributed by atoms with van der Waals surface area (Å²) in [4.78, 5) is 11.9. The Bertz CT molecular complexity index is 859. The number of esters is 1. The molecule has 0 N–H and O–H groups in total. The molecule has 0 bridgehead atoms. The molecule has 0 spiro atoms. The fraction of sp³-hybridized carbons (Fsp3) is 0.250. The van der Waals surface area contributed by atoms with Gasteiger partial charge in [0, 0.05) is 5.56 Å². The van der Waals surface area contributed by atoms with Crippen molar-refractivity contribution in [2.45, 2.75) is 26.4 Å². The van der Waals surface area contributed by atoms with Crippen molar-refractivity contribution in [2.24, 2.45) is 0 Å². The van der Waals surface area contributed by atoms with E-state index in [9.17, 15) is 4.79 Å². The number of para-hydroxylation sites is 1. The summed E-state index contributed by atoms with van der Waals surface area (Å²) in [6, 6.07) is 17.0. The zero-order chi connectivity index (χ0) is 18.4. The van der Waals surface area contributed by atoms with Gasteiger partial charge in [-0.1, -0.05) is 50.2 Å². The molecule has 0 radical (unpaired) electrons. The van der Waals surface area contributed by atoms with Gasteiger partial charge in [-0.05, 0) is 29.7 Å². The second-order valence-electron chi connectivity index (χ2n) is 6.01. The van der Waals surface area contributed by atoms with Gasteiger partial charge in [0.2, 0.25) is 5.89 Å². The van der Waals surface area contributed by atoms with Crippen LogP contribution in [0.2, 0.25) is 0 Å². The van der Waals surface area contributed by atoms with Crippen molar-refractivity contribution in [3.05, 3.63) is 66.1 Å². The lowest BCUT2D eigenvalue weighted by molar-refractivity contribution is -0.148. The Morgan fingerprint density at radius 2 is 1.77 bits per heavy atom. The van der Waals surface area contributed by atoms with Crippen LogP contribution in [0.3, 0.4) is 0 Å². The Labute approximate surface area is 151 Å². The molecule has 3 rings (SSSR count). The second kappa shape index (κ2) is 8.29. The SMILES string of the molecule is CC(C)c1ccccc1OCC(=O)OCc1nnc(-c2ccccc2)o1. The van der Waals surface area contributed by atoms with Crippen LogP contribution in [0.5, 0.6) is 5.75 Å². The van der Waals surface area contributed by atoms with E-state index in [-0.39, 0.29) is 19.1 Å². The van der Waals surface area contributed by atoms with Crippen LogP contribution in [0.15, 0.2) is 59.0 Å². The molecule has 134 valence electrons. The van der Waals surface area contributed by atoms with Crippen molar-refractivity contribution in [2.75, 3.05) is 6.61 Å². The number of nitrogens with zero attached hydrogens (tertiary/aromatic N) is 2. The number of benzene rings is 2. The predicted octanol–water partition coefficient (Wildman–Crippen LogP) is 3.98. The van der Waals surface area contributed by atoms with Gasteiger partial charge in [-0.15, -0.1) is 10.2 Å². The highest BCUT2D eigenvalue weighted by Crippen LogP contribution is 2.25. The normalized spacial score (nSPS) is 10.7. The first-order valence-corrected chi connectivity index (χ1v) is 8.38. The van der Waals surface area contributed by atoms with Crippen LogP contribution in [0.4, 0.5) is 0 Å². The number of hydrogen-bond acceptors (Lipinski definition) is 6. The first-order chi connectivity index (χ1) is 12.6. The van der Waals surface area contributed by atoms with E-state index in [2.05, 4.69) is 24.0 Å². The van der Waals surface area contributed by atoms with Gasteiger partial charge in [-0.25, -0.2) is 4.79 Å². The Morgan fingerprint density at radius 1 is 1.04 bits per heavy atom. The third-order valence-electron chi connectivity index (χ3n) is 3.73. The first-order valence-electron chi connectivity index (χ1n) is 8.38. The number of ether oxygens (including phenoxy) is 2. The van der Waals surface area contributed by atoms with E-state index in [1.54, 1.807) is 0 Å². The second-order valence-corrected chi connectivity index (χ2v) is 6.01. The van der Waals surface area contributed by atoms with E-state index in [0.717, 1.165) is 11.1 Å². The minimum Gasteiger partial charge on any atom is -0.482 e. The average molecular weight is 352 g/mol. The zero-order valence-electron chi connectivity index (χ0n) is 14.7. The average Bonchev–Trinajstić information content (AvgIpc) is 3.14. The molecule has 26 heavy (non-hydrogen) atoms. The molecule has 2 aromatic carbocycles. The van der Waals surface area contributed by atoms with Crippen molar-refractivity contribution < 1.29 is 18.7 Å². The summed E-state index contributed by atoms with van der Waals surface area (Å²) in [6.07, 6.45) is 0. The van der Waals surface area contributed by atoms with Crippen LogP contribution in [-0.2, 0) is 16.1 Å². The molecule has 0 saturated carbocycles. The van der Waals surface area contributed by atoms with Crippen LogP contribution in [0, 0.1) is 0 Å². The monoisotopic (exact) mass is 352 g/mol. The summed E-state index contributed by atoms with van der Waals surface area (Å²) in [7, 11) is 0. The molecule has 0 amide bonds. The van der Waals surface area contributed by atoms with Crippen molar-refractivity contribution in [3.63, 3.8) is 0 Å². The predicted molar refractivity (Wildman–Crippen MR) is 95.6 cm³/mol. The van der Waals surface area contributed by atoms with Gasteiger partial charge in [0.05, 0.1) is 0 Å². The summed E-state index contributed by atoms with van der Waals surface area (Å²) in [5.41, 5.74) is 1.86. The fourth-order valence-corrected chi connectivity index (χ4v) is 2.42. The van der Waals surface area contributed by atoms with Gasteiger partial charge in [0.15, 0.2) is 13.2 Å². The molecule has 0 aliphatic heterocycles. The van der Waals surface area contributed by atoms with Gasteiger partial charge >= 0.3 is 5.97 Å². The van der Waals surface area contributed by atoms with Crippen molar-refractivity contribution >= 4 is 5.97 Å². The van der Waals surface area contributed by atoms with Crippen LogP contribution in [0.25, 0.3) is 11.5 Å². The molecule has 1 aromatic heterocycles. The molecule has 6 heteroatoms. The lowest BCUT2D eigenvalue weighted by atomic mass is 10.0. The highest BCUT2D eigenvalue weighted by molar-refractivity contribution is 5.71. The molecular formula is C20H20N2O4. The number of aromatic nitrogens is 2. The van der Waals surface area contributed by atoms with Gasteiger partial charge < -0.3 is 13.9 Å². The number of carbonyl (C=O) groups is 1. The van der Waals surface area contributed by atoms with Crippen LogP contribution in [-0.4, -0.2) is 22.8 Å². The van der Waals surface area contributed by atoms with E-state index in [0.29, 0.717) is 17.6 Å². The van der Waals surface area contributed by atoms with Crippen LogP contribution >= 0.6 is 0 Å². The van der Waals surface area contributed by atoms with E-state index in [1.807, 2.05) is 54.6 Å². The smallest absolute Gasteiger partial charge is 0.344 e. The summed E-state index contributed by atoms with van der Waals surface area (Å²) in [5.74, 6) is 1.11. The maximum Gasteiger partial charge on any atom is 0.344 e. The maximum atomic E-state index is 11.9. The maximum absolute atomic E-state index is 11.9. The largest absolute Gasteiger partial charge is 0.482 e. The minimum atomic E-state index is -0.497. The first kappa shape index (κ1) is 17.7. The Morgan fingerprint density at radius 3 is 2.54 bits per heavy atom. The quantitative estimate of drug-likeness (QED) is 0.599. The van der Waals surface area contributed by atoms with Gasteiger partial charge in [-0.2, -0.15) is 0 Å². The van der Waals surface area contributed by atoms with E-state index in [1.165, 1.54) is 0 Å². The third-order valence-corrected chi connectivity index (χ3v) is 3.73. The molecular weight excluding hydrogens is 332 g/mol. The summed E-state index contributed by atoms with van der Waals surface area (Å²) in [6.45, 7) is 3.87. The Kier molecular flexibility index (Phi) is 5.63. The molecule has 0 aliphatic rings. The van der Waals surface area contributed by atoms with E-state index >= 15 is 0 Å². The highest BCUT2D eigenvalue weighted by atomic mass is 16.6. The highest BCUT2D eigenvalue weighted by Gasteiger charge is 2.13. The molecule has 0 unspecified atom stereocenters. The Hall–Kier alpha value is -3.15. The number of rotatable bonds is 7. The molecule has 0 saturated heterocycles.